The summed E-state index contributed by atoms with van der Waals surface area (Å²) >= 11 is 0. The standard InChI is InChI=1S/C17H27NO/c1-16-9-10-18-14(16)5-3-11-12-4-6-15(19)17(12,2)8-7-13(11)16/h11-14,18H,3-10H2,1-2H3/t11-,12-,13-,14?,16+,17-/m0/s1. The summed E-state index contributed by atoms with van der Waals surface area (Å²) in [5.74, 6) is 3.00. The number of Topliss-reactive ketones (excluding diaryl/α,β-unsaturated/α-hetero) is 1. The maximum Gasteiger partial charge on any atom is 0.139 e. The molecule has 1 aliphatic heterocycles. The second-order valence-electron chi connectivity index (χ2n) is 8.13. The summed E-state index contributed by atoms with van der Waals surface area (Å²) in [6, 6.07) is 0.759. The molecule has 1 saturated heterocycles. The summed E-state index contributed by atoms with van der Waals surface area (Å²) in [5, 5.41) is 3.74. The molecule has 4 aliphatic rings. The molecule has 6 atom stereocenters. The van der Waals surface area contributed by atoms with Crippen LogP contribution >= 0.6 is 0 Å². The van der Waals surface area contributed by atoms with Gasteiger partial charge in [-0.05, 0) is 68.2 Å². The number of nitrogens with one attached hydrogen (secondary N) is 1. The Kier molecular flexibility index (Phi) is 2.50. The number of hydrogen-bond donors (Lipinski definition) is 1. The summed E-state index contributed by atoms with van der Waals surface area (Å²) < 4.78 is 0. The molecule has 4 fully saturated rings. The molecule has 0 aromatic rings. The van der Waals surface area contributed by atoms with E-state index in [0.717, 1.165) is 24.3 Å². The zero-order valence-corrected chi connectivity index (χ0v) is 12.4. The van der Waals surface area contributed by atoms with E-state index < -0.39 is 0 Å². The zero-order valence-electron chi connectivity index (χ0n) is 12.4. The second kappa shape index (κ2) is 3.84. The van der Waals surface area contributed by atoms with Crippen LogP contribution in [0, 0.1) is 28.6 Å². The Hall–Kier alpha value is -0.370. The van der Waals surface area contributed by atoms with Crippen molar-refractivity contribution in [2.24, 2.45) is 28.6 Å². The van der Waals surface area contributed by atoms with E-state index in [1.165, 1.54) is 45.1 Å². The highest BCUT2D eigenvalue weighted by molar-refractivity contribution is 5.87. The highest BCUT2D eigenvalue weighted by atomic mass is 16.1. The van der Waals surface area contributed by atoms with Crippen molar-refractivity contribution < 1.29 is 4.79 Å². The van der Waals surface area contributed by atoms with Gasteiger partial charge in [0.2, 0.25) is 0 Å². The maximum atomic E-state index is 12.3. The van der Waals surface area contributed by atoms with E-state index in [4.69, 9.17) is 0 Å². The Morgan fingerprint density at radius 1 is 1.05 bits per heavy atom. The van der Waals surface area contributed by atoms with Crippen molar-refractivity contribution >= 4 is 5.78 Å². The van der Waals surface area contributed by atoms with Crippen LogP contribution in [0.2, 0.25) is 0 Å². The lowest BCUT2D eigenvalue weighted by molar-refractivity contribution is -0.133. The van der Waals surface area contributed by atoms with Gasteiger partial charge in [-0.3, -0.25) is 4.79 Å². The van der Waals surface area contributed by atoms with E-state index in [-0.39, 0.29) is 5.41 Å². The number of carbonyl (C=O) groups is 1. The molecule has 0 radical (unpaired) electrons. The summed E-state index contributed by atoms with van der Waals surface area (Å²) in [7, 11) is 0. The smallest absolute Gasteiger partial charge is 0.139 e. The van der Waals surface area contributed by atoms with Crippen molar-refractivity contribution in [3.63, 3.8) is 0 Å². The van der Waals surface area contributed by atoms with Crippen molar-refractivity contribution in [2.45, 2.75) is 64.8 Å². The van der Waals surface area contributed by atoms with Gasteiger partial charge in [0, 0.05) is 17.9 Å². The van der Waals surface area contributed by atoms with Gasteiger partial charge in [0.25, 0.3) is 0 Å². The normalized spacial score (nSPS) is 56.6. The Bertz CT molecular complexity index is 419. The minimum Gasteiger partial charge on any atom is -0.313 e. The third kappa shape index (κ3) is 1.44. The predicted octanol–water partition coefficient (Wildman–Crippen LogP) is 3.16. The lowest BCUT2D eigenvalue weighted by Gasteiger charge is -2.55. The maximum absolute atomic E-state index is 12.3. The first-order valence-electron chi connectivity index (χ1n) is 8.32. The van der Waals surface area contributed by atoms with E-state index in [0.29, 0.717) is 17.1 Å². The minimum atomic E-state index is 0.0520. The Morgan fingerprint density at radius 2 is 1.89 bits per heavy atom. The Morgan fingerprint density at radius 3 is 2.74 bits per heavy atom. The second-order valence-corrected chi connectivity index (χ2v) is 8.13. The molecule has 0 aromatic carbocycles. The number of rotatable bonds is 0. The topological polar surface area (TPSA) is 29.1 Å². The van der Waals surface area contributed by atoms with Crippen LogP contribution in [0.4, 0.5) is 0 Å². The van der Waals surface area contributed by atoms with Gasteiger partial charge in [0.05, 0.1) is 0 Å². The van der Waals surface area contributed by atoms with Gasteiger partial charge >= 0.3 is 0 Å². The average molecular weight is 261 g/mol. The van der Waals surface area contributed by atoms with Gasteiger partial charge in [-0.25, -0.2) is 0 Å². The fraction of sp³-hybridized carbons (Fsp3) is 0.941. The van der Waals surface area contributed by atoms with Crippen molar-refractivity contribution in [3.8, 4) is 0 Å². The number of hydrogen-bond acceptors (Lipinski definition) is 2. The van der Waals surface area contributed by atoms with Gasteiger partial charge in [-0.15, -0.1) is 0 Å². The molecule has 4 rings (SSSR count). The van der Waals surface area contributed by atoms with Crippen molar-refractivity contribution in [1.82, 2.24) is 5.32 Å². The first kappa shape index (κ1) is 12.4. The van der Waals surface area contributed by atoms with Crippen LogP contribution in [0.1, 0.15) is 58.8 Å². The van der Waals surface area contributed by atoms with Crippen LogP contribution in [0.5, 0.6) is 0 Å². The summed E-state index contributed by atoms with van der Waals surface area (Å²) in [5.41, 5.74) is 0.576. The number of fused-ring (bicyclic) bond motifs is 5. The van der Waals surface area contributed by atoms with Crippen LogP contribution in [-0.2, 0) is 4.79 Å². The molecular formula is C17H27NO. The van der Waals surface area contributed by atoms with Gasteiger partial charge in [0.1, 0.15) is 5.78 Å². The van der Waals surface area contributed by atoms with Crippen LogP contribution in [0.3, 0.4) is 0 Å². The average Bonchev–Trinajstić information content (AvgIpc) is 2.90. The van der Waals surface area contributed by atoms with E-state index in [9.17, 15) is 4.79 Å². The largest absolute Gasteiger partial charge is 0.313 e. The molecule has 1 heterocycles. The lowest BCUT2D eigenvalue weighted by atomic mass is 9.49. The first-order chi connectivity index (χ1) is 9.06. The van der Waals surface area contributed by atoms with E-state index in [1.54, 1.807) is 0 Å². The van der Waals surface area contributed by atoms with Crippen LogP contribution in [0.25, 0.3) is 0 Å². The van der Waals surface area contributed by atoms with Crippen LogP contribution in [0.15, 0.2) is 0 Å². The minimum absolute atomic E-state index is 0.0520. The van der Waals surface area contributed by atoms with Crippen molar-refractivity contribution in [1.29, 1.82) is 0 Å². The quantitative estimate of drug-likeness (QED) is 0.725. The molecule has 2 heteroatoms. The molecule has 3 saturated carbocycles. The third-order valence-corrected chi connectivity index (χ3v) is 7.63. The lowest BCUT2D eigenvalue weighted by Crippen LogP contribution is -2.53. The van der Waals surface area contributed by atoms with Gasteiger partial charge in [-0.1, -0.05) is 13.8 Å². The van der Waals surface area contributed by atoms with Crippen molar-refractivity contribution in [3.05, 3.63) is 0 Å². The molecule has 19 heavy (non-hydrogen) atoms. The molecule has 3 aliphatic carbocycles. The molecule has 1 unspecified atom stereocenters. The van der Waals surface area contributed by atoms with Gasteiger partial charge in [-0.2, -0.15) is 0 Å². The molecule has 106 valence electrons. The summed E-state index contributed by atoms with van der Waals surface area (Å²) in [4.78, 5) is 12.3. The summed E-state index contributed by atoms with van der Waals surface area (Å²) in [6.45, 7) is 6.03. The molecule has 0 spiro atoms. The zero-order chi connectivity index (χ0) is 13.3. The number of ketones is 1. The monoisotopic (exact) mass is 261 g/mol. The Balaban J connectivity index is 1.68. The third-order valence-electron chi connectivity index (χ3n) is 7.63. The van der Waals surface area contributed by atoms with E-state index >= 15 is 0 Å². The summed E-state index contributed by atoms with van der Waals surface area (Å²) in [6.07, 6.45) is 8.59. The highest BCUT2D eigenvalue weighted by Gasteiger charge is 2.60. The SMILES string of the molecule is C[C@]12CCNC1CC[C@@H]1[C@@H]2CC[C@]2(C)C(=O)CC[C@@H]12. The van der Waals surface area contributed by atoms with Gasteiger partial charge < -0.3 is 5.32 Å². The van der Waals surface area contributed by atoms with E-state index in [2.05, 4.69) is 19.2 Å². The molecular weight excluding hydrogens is 234 g/mol. The first-order valence-corrected chi connectivity index (χ1v) is 8.32. The number of carbonyl (C=O) groups excluding carboxylic acids is 1. The van der Waals surface area contributed by atoms with Crippen molar-refractivity contribution in [2.75, 3.05) is 6.54 Å². The molecule has 0 amide bonds. The van der Waals surface area contributed by atoms with E-state index in [1.807, 2.05) is 0 Å². The fourth-order valence-electron chi connectivity index (χ4n) is 6.44. The van der Waals surface area contributed by atoms with Gasteiger partial charge in [0.15, 0.2) is 0 Å². The predicted molar refractivity (Wildman–Crippen MR) is 75.8 cm³/mol. The highest BCUT2D eigenvalue weighted by Crippen LogP contribution is 2.62. The molecule has 0 aromatic heterocycles. The molecule has 1 N–H and O–H groups in total. The van der Waals surface area contributed by atoms with Crippen LogP contribution < -0.4 is 5.32 Å². The fourth-order valence-corrected chi connectivity index (χ4v) is 6.44. The Labute approximate surface area is 116 Å². The molecule has 2 nitrogen and oxygen atoms in total. The van der Waals surface area contributed by atoms with Crippen LogP contribution in [-0.4, -0.2) is 18.4 Å². The molecule has 0 bridgehead atoms.